The molecule has 53 atom stereocenters. The second kappa shape index (κ2) is 43.8. The Balaban J connectivity index is 0.780. The predicted octanol–water partition coefficient (Wildman–Crippen LogP) is -23.7. The van der Waals surface area contributed by atoms with Crippen LogP contribution in [0.25, 0.3) is 0 Å². The summed E-state index contributed by atoms with van der Waals surface area (Å²) in [5.41, 5.74) is 0. The molecule has 0 saturated carbocycles. The van der Waals surface area contributed by atoms with Crippen molar-refractivity contribution in [2.45, 2.75) is 325 Å². The van der Waals surface area contributed by atoms with Crippen molar-refractivity contribution in [3.8, 4) is 0 Å². The first kappa shape index (κ1) is 102. The molecule has 0 aliphatic carbocycles. The van der Waals surface area contributed by atoms with Gasteiger partial charge in [0.2, 0.25) is 11.6 Å². The molecule has 53 unspecified atom stereocenters. The van der Waals surface area contributed by atoms with Crippen molar-refractivity contribution in [3.63, 3.8) is 0 Å². The topological polar surface area (TPSA) is 880 Å². The molecule has 0 spiro atoms. The summed E-state index contributed by atoms with van der Waals surface area (Å²) >= 11 is 0. The van der Waals surface area contributed by atoms with E-state index in [1.165, 1.54) is 0 Å². The lowest BCUT2D eigenvalue weighted by Crippen LogP contribution is -2.68. The Hall–Kier alpha value is -2.24. The summed E-state index contributed by atoms with van der Waals surface area (Å²) in [4.78, 5) is 0. The predicted molar refractivity (Wildman–Crippen MR) is 372 cm³/mol. The number of rotatable bonds is 35. The molecule has 56 heteroatoms. The normalized spacial score (nSPS) is 52.9. The summed E-state index contributed by atoms with van der Waals surface area (Å²) < 4.78 is 131. The van der Waals surface area contributed by atoms with Gasteiger partial charge in [-0.15, -0.1) is 0 Å². The first-order valence-corrected chi connectivity index (χ1v) is 39.4. The van der Waals surface area contributed by atoms with Crippen LogP contribution in [-0.2, 0) is 109 Å². The fourth-order valence-corrected chi connectivity index (χ4v) is 16.3. The zero-order chi connectivity index (χ0) is 90.9. The van der Waals surface area contributed by atoms with Crippen LogP contribution in [0.5, 0.6) is 0 Å². The molecule has 724 valence electrons. The molecule has 0 aromatic rings. The van der Waals surface area contributed by atoms with E-state index in [1.54, 1.807) is 0 Å². The van der Waals surface area contributed by atoms with E-state index in [-0.39, 0.29) is 0 Å². The molecule has 0 aromatic carbocycles. The van der Waals surface area contributed by atoms with Gasteiger partial charge >= 0.3 is 0 Å². The first-order valence-electron chi connectivity index (χ1n) is 39.4. The minimum Gasteiger partial charge on any atom is -0.394 e. The summed E-state index contributed by atoms with van der Waals surface area (Å²) in [6.45, 7) is -13.5. The lowest BCUT2D eigenvalue weighted by molar-refractivity contribution is -0.399. The molecular weight excluding hydrogens is 1710 g/mol. The van der Waals surface area contributed by atoms with Crippen LogP contribution in [0.4, 0.5) is 0 Å². The molecule has 0 bridgehead atoms. The highest BCUT2D eigenvalue weighted by atomic mass is 16.8. The number of methoxy groups -OCH3 is 2. The van der Waals surface area contributed by atoms with Gasteiger partial charge in [0.05, 0.1) is 72.7 Å². The molecule has 0 amide bonds. The largest absolute Gasteiger partial charge is 0.394 e. The highest BCUT2D eigenvalue weighted by Crippen LogP contribution is 2.43. The Kier molecular flexibility index (Phi) is 36.2. The maximum Gasteiger partial charge on any atom is 0.224 e. The number of aliphatic hydroxyl groups excluding tert-OH is 33. The second-order valence-corrected chi connectivity index (χ2v) is 31.5. The van der Waals surface area contributed by atoms with Crippen LogP contribution in [0.1, 0.15) is 0 Å². The molecular formula is C68H116O56. The van der Waals surface area contributed by atoms with Crippen LogP contribution >= 0.6 is 0 Å². The van der Waals surface area contributed by atoms with Crippen LogP contribution < -0.4 is 0 Å². The van der Waals surface area contributed by atoms with Gasteiger partial charge in [-0.3, -0.25) is 0 Å². The fraction of sp³-hybridized carbons (Fsp3) is 1.00. The van der Waals surface area contributed by atoms with E-state index in [1.807, 2.05) is 0 Å². The Morgan fingerprint density at radius 1 is 0.202 bits per heavy atom. The zero-order valence-corrected chi connectivity index (χ0v) is 65.8. The first-order chi connectivity index (χ1) is 58.9. The summed E-state index contributed by atoms with van der Waals surface area (Å²) in [6, 6.07) is 0. The van der Waals surface area contributed by atoms with Crippen LogP contribution in [0, 0.1) is 0 Å². The standard InChI is InChI=1S/C68H116O56/c1-102-49-18(5-71)108-59(43(94)33(49)84)115-51-20(7-73)110-62(45(96)36(51)87)120-55-26(13-105-11-24-30(81)57(101)68(15-77,122-24)123-65-40(91)31(82)27(78)16(3-69)106-65)114-64(48(99)39(55)90)118-53-22(9-75)109-60(44(95)35(53)86)116-52-21(8-74)111-61(46(97)37(52)88)119-54-25(113-63(47(98)38(54)89)117-50-19(6-72)107-58(103-2)42(93)34(50)85)12-104-10-23-28(79)32(83)41(92)66(112-23)124-67(14-76)56(100)29(80)17(4-70)121-67/h16-66,69-101H,3-15H2,1-2H3. The molecule has 11 saturated heterocycles. The second-order valence-electron chi connectivity index (χ2n) is 31.5. The molecule has 11 aliphatic heterocycles. The van der Waals surface area contributed by atoms with Crippen molar-refractivity contribution in [2.75, 3.05) is 100 Å². The summed E-state index contributed by atoms with van der Waals surface area (Å²) in [5.74, 6) is -5.37. The van der Waals surface area contributed by atoms with Gasteiger partial charge in [0, 0.05) is 14.2 Å². The Morgan fingerprint density at radius 3 is 0.726 bits per heavy atom. The maximum absolute atomic E-state index is 12.1. The van der Waals surface area contributed by atoms with Crippen LogP contribution in [-0.4, -0.2) is 593 Å². The van der Waals surface area contributed by atoms with Crippen molar-refractivity contribution in [1.82, 2.24) is 0 Å². The van der Waals surface area contributed by atoms with Gasteiger partial charge in [-0.05, 0) is 0 Å². The van der Waals surface area contributed by atoms with Crippen molar-refractivity contribution < 1.29 is 277 Å². The molecule has 11 aliphatic rings. The highest BCUT2D eigenvalue weighted by Gasteiger charge is 2.64. The Bertz CT molecular complexity index is 3190. The zero-order valence-electron chi connectivity index (χ0n) is 65.8. The molecule has 0 aromatic heterocycles. The van der Waals surface area contributed by atoms with Gasteiger partial charge in [0.1, 0.15) is 270 Å². The Morgan fingerprint density at radius 2 is 0.427 bits per heavy atom. The third-order valence-corrected chi connectivity index (χ3v) is 23.5. The fourth-order valence-electron chi connectivity index (χ4n) is 16.3. The van der Waals surface area contributed by atoms with Crippen molar-refractivity contribution >= 4 is 0 Å². The van der Waals surface area contributed by atoms with Gasteiger partial charge in [-0.25, -0.2) is 0 Å². The maximum atomic E-state index is 12.1. The third-order valence-electron chi connectivity index (χ3n) is 23.5. The van der Waals surface area contributed by atoms with E-state index in [9.17, 15) is 169 Å². The van der Waals surface area contributed by atoms with E-state index in [4.69, 9.17) is 109 Å². The van der Waals surface area contributed by atoms with Crippen molar-refractivity contribution in [2.24, 2.45) is 0 Å². The van der Waals surface area contributed by atoms with E-state index in [0.29, 0.717) is 0 Å². The highest BCUT2D eigenvalue weighted by molar-refractivity contribution is 5.05. The van der Waals surface area contributed by atoms with E-state index in [0.717, 1.165) is 14.2 Å². The van der Waals surface area contributed by atoms with Gasteiger partial charge in [0.15, 0.2) is 56.6 Å². The van der Waals surface area contributed by atoms with E-state index < -0.39 is 410 Å². The third kappa shape index (κ3) is 20.7. The summed E-state index contributed by atoms with van der Waals surface area (Å²) in [7, 11) is 2.22. The molecule has 56 nitrogen and oxygen atoms in total. The van der Waals surface area contributed by atoms with Gasteiger partial charge < -0.3 is 277 Å². The lowest BCUT2D eigenvalue weighted by Gasteiger charge is -2.50. The van der Waals surface area contributed by atoms with Gasteiger partial charge in [-0.2, -0.15) is 0 Å². The van der Waals surface area contributed by atoms with Crippen LogP contribution in [0.2, 0.25) is 0 Å². The van der Waals surface area contributed by atoms with Crippen molar-refractivity contribution in [1.29, 1.82) is 0 Å². The minimum absolute atomic E-state index is 0.802. The molecule has 11 fully saturated rings. The minimum atomic E-state index is -2.75. The average Bonchev–Trinajstić information content (AvgIpc) is 0.810. The average molecular weight is 1830 g/mol. The number of aliphatic hydroxyl groups is 33. The molecule has 11 rings (SSSR count). The lowest BCUT2D eigenvalue weighted by atomic mass is 9.95. The van der Waals surface area contributed by atoms with Crippen LogP contribution in [0.15, 0.2) is 0 Å². The quantitative estimate of drug-likeness (QED) is 0.0280. The molecule has 0 radical (unpaired) electrons. The SMILES string of the molecule is COC1OC(CO)C(OC2OC(COCC3OC(OC4(CO)OC(CO)C(O)C4O)C(O)C(O)C3O)C(OC3OC(CO)C(OC4OC(CO)C(OC5OC(COCC6OC(CO)(OC7OC(CO)C(O)C(O)C7O)C(O)C6O)C(OC6OC(CO)C(OC7OC(CO)C(OC)C(O)C7O)C(O)C6O)C(O)C5O)C(O)C4O)C(O)C3O)C(O)C2O)C(O)C1O. The van der Waals surface area contributed by atoms with Gasteiger partial charge in [0.25, 0.3) is 0 Å². The smallest absolute Gasteiger partial charge is 0.224 e. The van der Waals surface area contributed by atoms with E-state index in [2.05, 4.69) is 0 Å². The van der Waals surface area contributed by atoms with Crippen LogP contribution in [0.3, 0.4) is 0 Å². The summed E-state index contributed by atoms with van der Waals surface area (Å²) in [6.07, 6.45) is -104. The van der Waals surface area contributed by atoms with Gasteiger partial charge in [-0.1, -0.05) is 0 Å². The molecule has 124 heavy (non-hydrogen) atoms. The number of hydrogen-bond acceptors (Lipinski definition) is 56. The number of hydrogen-bond donors (Lipinski definition) is 33. The van der Waals surface area contributed by atoms with Crippen molar-refractivity contribution in [3.05, 3.63) is 0 Å². The number of ether oxygens (including phenoxy) is 23. The Labute approximate surface area is 700 Å². The van der Waals surface area contributed by atoms with E-state index >= 15 is 0 Å². The monoisotopic (exact) mass is 1830 g/mol. The molecule has 11 heterocycles. The molecule has 33 N–H and O–H groups in total. The summed E-state index contributed by atoms with van der Waals surface area (Å²) in [5, 5.41) is 362.